The number of nitrogens with zero attached hydrogens (tertiary/aromatic N) is 4. The van der Waals surface area contributed by atoms with Gasteiger partial charge < -0.3 is 10.0 Å². The first kappa shape index (κ1) is 25.5. The summed E-state index contributed by atoms with van der Waals surface area (Å²) in [7, 11) is 1.92. The lowest BCUT2D eigenvalue weighted by molar-refractivity contribution is -0.146. The zero-order valence-electron chi connectivity index (χ0n) is 20.0. The lowest BCUT2D eigenvalue weighted by atomic mass is 10.0. The molecule has 0 bridgehead atoms. The second-order valence-corrected chi connectivity index (χ2v) is 9.48. The Kier molecular flexibility index (Phi) is 9.30. The van der Waals surface area contributed by atoms with E-state index in [1.807, 2.05) is 60.5 Å². The van der Waals surface area contributed by atoms with Gasteiger partial charge in [0, 0.05) is 25.2 Å². The van der Waals surface area contributed by atoms with E-state index in [9.17, 15) is 9.59 Å². The fourth-order valence-corrected chi connectivity index (χ4v) is 4.59. The van der Waals surface area contributed by atoms with E-state index in [2.05, 4.69) is 30.1 Å². The van der Waals surface area contributed by atoms with Crippen LogP contribution in [0.25, 0.3) is 10.6 Å². The Morgan fingerprint density at radius 3 is 2.35 bits per heavy atom. The Morgan fingerprint density at radius 1 is 1.09 bits per heavy atom. The van der Waals surface area contributed by atoms with Crippen molar-refractivity contribution in [2.75, 3.05) is 31.6 Å². The normalized spacial score (nSPS) is 13.5. The first-order valence-corrected chi connectivity index (χ1v) is 12.4. The molecule has 1 aromatic heterocycles. The molecule has 0 aliphatic carbocycles. The largest absolute Gasteiger partial charge is 0.481 e. The van der Waals surface area contributed by atoms with E-state index in [-0.39, 0.29) is 11.8 Å². The first-order chi connectivity index (χ1) is 16.4. The summed E-state index contributed by atoms with van der Waals surface area (Å²) >= 11 is 1.48. The van der Waals surface area contributed by atoms with Gasteiger partial charge in [-0.2, -0.15) is 0 Å². The van der Waals surface area contributed by atoms with Crippen LogP contribution in [0.2, 0.25) is 0 Å². The van der Waals surface area contributed by atoms with Gasteiger partial charge in [-0.15, -0.1) is 10.2 Å². The molecule has 1 aliphatic heterocycles. The Balaban J connectivity index is 0.000000343. The fraction of sp³-hybridized carbons (Fsp3) is 0.385. The number of carboxylic acid groups (broad SMARTS) is 1. The van der Waals surface area contributed by atoms with E-state index in [0.29, 0.717) is 18.1 Å². The van der Waals surface area contributed by atoms with Gasteiger partial charge in [0.25, 0.3) is 0 Å². The van der Waals surface area contributed by atoms with Gasteiger partial charge in [0.05, 0.1) is 12.3 Å². The number of aliphatic carboxylic acids is 1. The molecule has 0 unspecified atom stereocenters. The zero-order valence-corrected chi connectivity index (χ0v) is 20.8. The molecule has 7 nitrogen and oxygen atoms in total. The molecule has 3 aromatic rings. The quantitative estimate of drug-likeness (QED) is 0.510. The summed E-state index contributed by atoms with van der Waals surface area (Å²) in [4.78, 5) is 26.8. The lowest BCUT2D eigenvalue weighted by Gasteiger charge is -2.32. The van der Waals surface area contributed by atoms with Crippen molar-refractivity contribution in [3.05, 3.63) is 65.7 Å². The smallest absolute Gasteiger partial charge is 0.309 e. The number of carbonyl (C=O) groups is 2. The van der Waals surface area contributed by atoms with Gasteiger partial charge in [0.2, 0.25) is 11.0 Å². The zero-order chi connectivity index (χ0) is 24.5. The number of hydrogen-bond acceptors (Lipinski definition) is 6. The number of likely N-dealkylation sites (tertiary alicyclic amines) is 1. The molecular formula is C26H32N4O3S. The Labute approximate surface area is 205 Å². The summed E-state index contributed by atoms with van der Waals surface area (Å²) in [6, 6.07) is 18.0. The molecule has 1 fully saturated rings. The third kappa shape index (κ3) is 6.95. The van der Waals surface area contributed by atoms with E-state index in [1.54, 1.807) is 4.90 Å². The van der Waals surface area contributed by atoms with Crippen LogP contribution < -0.4 is 4.90 Å². The predicted octanol–water partition coefficient (Wildman–Crippen LogP) is 4.52. The van der Waals surface area contributed by atoms with Crippen LogP contribution in [0.1, 0.15) is 30.9 Å². The summed E-state index contributed by atoms with van der Waals surface area (Å²) in [5.74, 6) is -0.694. The standard InChI is InChI=1S/C21H23N3OS.C5H9NO2/c1-3-4-14-24(19(25)15-17-11-6-5-7-12-17)21-23-22-20(26-21)18-13-9-8-10-16(18)2;1-6-2-4(3-6)5(7)8/h5-13H,3-4,14-15H2,1-2H3;4H,2-3H2,1H3,(H,7,8). The van der Waals surface area contributed by atoms with E-state index in [1.165, 1.54) is 11.3 Å². The summed E-state index contributed by atoms with van der Waals surface area (Å²) in [6.45, 7) is 6.29. The third-order valence-electron chi connectivity index (χ3n) is 5.67. The monoisotopic (exact) mass is 480 g/mol. The Morgan fingerprint density at radius 2 is 1.76 bits per heavy atom. The number of amides is 1. The maximum absolute atomic E-state index is 12.9. The van der Waals surface area contributed by atoms with Crippen molar-refractivity contribution in [3.63, 3.8) is 0 Å². The molecule has 1 amide bonds. The summed E-state index contributed by atoms with van der Waals surface area (Å²) in [5, 5.41) is 18.5. The van der Waals surface area contributed by atoms with Crippen molar-refractivity contribution in [2.24, 2.45) is 5.92 Å². The van der Waals surface area contributed by atoms with Crippen molar-refractivity contribution in [3.8, 4) is 10.6 Å². The number of anilines is 1. The molecule has 8 heteroatoms. The van der Waals surface area contributed by atoms with E-state index in [4.69, 9.17) is 5.11 Å². The number of hydrogen-bond donors (Lipinski definition) is 1. The van der Waals surface area contributed by atoms with Gasteiger partial charge in [0.15, 0.2) is 0 Å². The second-order valence-electron chi connectivity index (χ2n) is 8.52. The van der Waals surface area contributed by atoms with Gasteiger partial charge >= 0.3 is 5.97 Å². The number of rotatable bonds is 8. The molecule has 0 atom stereocenters. The molecule has 2 heterocycles. The van der Waals surface area contributed by atoms with Gasteiger partial charge in [-0.1, -0.05) is 79.3 Å². The number of carboxylic acids is 1. The molecule has 1 N–H and O–H groups in total. The maximum Gasteiger partial charge on any atom is 0.309 e. The highest BCUT2D eigenvalue weighted by Crippen LogP contribution is 2.31. The molecule has 4 rings (SSSR count). The van der Waals surface area contributed by atoms with Crippen molar-refractivity contribution in [2.45, 2.75) is 33.1 Å². The van der Waals surface area contributed by atoms with Crippen molar-refractivity contribution < 1.29 is 14.7 Å². The summed E-state index contributed by atoms with van der Waals surface area (Å²) in [6.07, 6.45) is 2.35. The van der Waals surface area contributed by atoms with Gasteiger partial charge in [-0.3, -0.25) is 14.5 Å². The highest BCUT2D eigenvalue weighted by molar-refractivity contribution is 7.18. The molecule has 34 heavy (non-hydrogen) atoms. The minimum atomic E-state index is -0.664. The van der Waals surface area contributed by atoms with E-state index >= 15 is 0 Å². The number of unbranched alkanes of at least 4 members (excludes halogenated alkanes) is 1. The molecule has 180 valence electrons. The van der Waals surface area contributed by atoms with Crippen LogP contribution >= 0.6 is 11.3 Å². The average molecular weight is 481 g/mol. The van der Waals surface area contributed by atoms with Crippen molar-refractivity contribution >= 4 is 28.3 Å². The second kappa shape index (κ2) is 12.4. The van der Waals surface area contributed by atoms with Gasteiger partial charge in [-0.05, 0) is 31.5 Å². The van der Waals surface area contributed by atoms with E-state index < -0.39 is 5.97 Å². The highest BCUT2D eigenvalue weighted by atomic mass is 32.1. The number of aryl methyl sites for hydroxylation is 1. The number of benzene rings is 2. The van der Waals surface area contributed by atoms with Crippen LogP contribution in [0.4, 0.5) is 5.13 Å². The van der Waals surface area contributed by atoms with Gasteiger partial charge in [-0.25, -0.2) is 0 Å². The topological polar surface area (TPSA) is 86.6 Å². The Bertz CT molecular complexity index is 1080. The number of carbonyl (C=O) groups excluding carboxylic acids is 1. The summed E-state index contributed by atoms with van der Waals surface area (Å²) < 4.78 is 0. The number of aromatic nitrogens is 2. The predicted molar refractivity (Wildman–Crippen MR) is 136 cm³/mol. The molecule has 0 saturated carbocycles. The third-order valence-corrected chi connectivity index (χ3v) is 6.65. The molecule has 2 aromatic carbocycles. The average Bonchev–Trinajstić information content (AvgIpc) is 3.28. The Hall–Kier alpha value is -3.10. The van der Waals surface area contributed by atoms with Crippen LogP contribution in [0.15, 0.2) is 54.6 Å². The van der Waals surface area contributed by atoms with Crippen molar-refractivity contribution in [1.29, 1.82) is 0 Å². The highest BCUT2D eigenvalue weighted by Gasteiger charge is 2.29. The minimum absolute atomic E-state index is 0.0668. The molecular weight excluding hydrogens is 448 g/mol. The van der Waals surface area contributed by atoms with Crippen LogP contribution in [-0.4, -0.2) is 58.8 Å². The van der Waals surface area contributed by atoms with Crippen LogP contribution in [0.5, 0.6) is 0 Å². The van der Waals surface area contributed by atoms with Crippen LogP contribution in [0.3, 0.4) is 0 Å². The first-order valence-electron chi connectivity index (χ1n) is 11.5. The van der Waals surface area contributed by atoms with E-state index in [0.717, 1.165) is 47.6 Å². The van der Waals surface area contributed by atoms with Crippen LogP contribution in [-0.2, 0) is 16.0 Å². The lowest BCUT2D eigenvalue weighted by Crippen LogP contribution is -2.47. The molecule has 0 radical (unpaired) electrons. The molecule has 0 spiro atoms. The molecule has 1 aliphatic rings. The van der Waals surface area contributed by atoms with Crippen molar-refractivity contribution in [1.82, 2.24) is 15.1 Å². The minimum Gasteiger partial charge on any atom is -0.481 e. The maximum atomic E-state index is 12.9. The molecule has 1 saturated heterocycles. The summed E-state index contributed by atoms with van der Waals surface area (Å²) in [5.41, 5.74) is 3.25. The SMILES string of the molecule is CCCCN(C(=O)Cc1ccccc1)c1nnc(-c2ccccc2C)s1.CN1CC(C(=O)O)C1. The van der Waals surface area contributed by atoms with Crippen LogP contribution in [0, 0.1) is 12.8 Å². The fourth-order valence-electron chi connectivity index (χ4n) is 3.61. The van der Waals surface area contributed by atoms with Gasteiger partial charge in [0.1, 0.15) is 5.01 Å².